The first-order valence-corrected chi connectivity index (χ1v) is 5.88. The van der Waals surface area contributed by atoms with Crippen LogP contribution in [0.4, 0.5) is 0 Å². The third-order valence-corrected chi connectivity index (χ3v) is 3.23. The molecule has 1 aliphatic heterocycles. The first-order valence-electron chi connectivity index (χ1n) is 5.88. The Morgan fingerprint density at radius 1 is 1.24 bits per heavy atom. The molecule has 0 amide bonds. The van der Waals surface area contributed by atoms with Gasteiger partial charge in [0.1, 0.15) is 24.4 Å². The Hall–Kier alpha value is -0.940. The zero-order valence-electron chi connectivity index (χ0n) is 9.78. The summed E-state index contributed by atoms with van der Waals surface area (Å²) in [6.45, 7) is 1.76. The molecule has 4 nitrogen and oxygen atoms in total. The van der Waals surface area contributed by atoms with E-state index in [0.29, 0.717) is 0 Å². The average Bonchev–Trinajstić information content (AvgIpc) is 2.66. The molecule has 3 N–H and O–H groups in total. The number of hydrogen-bond donors (Lipinski definition) is 3. The lowest BCUT2D eigenvalue weighted by Gasteiger charge is -2.15. The number of ether oxygens (including phenoxy) is 1. The molecule has 0 radical (unpaired) electrons. The average molecular weight is 238 g/mol. The summed E-state index contributed by atoms with van der Waals surface area (Å²) < 4.78 is 5.47. The maximum Gasteiger partial charge on any atom is 0.113 e. The lowest BCUT2D eigenvalue weighted by Crippen LogP contribution is -2.32. The molecule has 1 aromatic carbocycles. The number of aliphatic hydroxyl groups excluding tert-OH is 3. The van der Waals surface area contributed by atoms with Crippen molar-refractivity contribution in [1.29, 1.82) is 0 Å². The Morgan fingerprint density at radius 3 is 2.59 bits per heavy atom. The van der Waals surface area contributed by atoms with E-state index < -0.39 is 24.4 Å². The quantitative estimate of drug-likeness (QED) is 0.713. The number of rotatable bonds is 3. The second-order valence-electron chi connectivity index (χ2n) is 4.36. The molecule has 1 aliphatic rings. The van der Waals surface area contributed by atoms with Gasteiger partial charge in [0.25, 0.3) is 0 Å². The Balaban J connectivity index is 2.22. The van der Waals surface area contributed by atoms with Gasteiger partial charge in [-0.3, -0.25) is 0 Å². The van der Waals surface area contributed by atoms with Crippen LogP contribution in [0.3, 0.4) is 0 Å². The van der Waals surface area contributed by atoms with Crippen molar-refractivity contribution in [3.8, 4) is 0 Å². The van der Waals surface area contributed by atoms with E-state index in [1.165, 1.54) is 0 Å². The van der Waals surface area contributed by atoms with Gasteiger partial charge in [-0.05, 0) is 17.5 Å². The molecule has 0 unspecified atom stereocenters. The summed E-state index contributed by atoms with van der Waals surface area (Å²) in [6.07, 6.45) is -2.38. The van der Waals surface area contributed by atoms with E-state index in [-0.39, 0.29) is 6.61 Å². The van der Waals surface area contributed by atoms with Crippen molar-refractivity contribution in [3.05, 3.63) is 35.4 Å². The summed E-state index contributed by atoms with van der Waals surface area (Å²) in [7, 11) is 0. The molecular weight excluding hydrogens is 220 g/mol. The molecule has 1 fully saturated rings. The van der Waals surface area contributed by atoms with Crippen molar-refractivity contribution in [1.82, 2.24) is 0 Å². The molecule has 0 spiro atoms. The van der Waals surface area contributed by atoms with Gasteiger partial charge in [0, 0.05) is 0 Å². The number of aryl methyl sites for hydroxylation is 1. The van der Waals surface area contributed by atoms with Gasteiger partial charge in [-0.15, -0.1) is 0 Å². The molecule has 0 aliphatic carbocycles. The van der Waals surface area contributed by atoms with Crippen LogP contribution in [0.1, 0.15) is 24.2 Å². The molecule has 0 aromatic heterocycles. The maximum atomic E-state index is 9.89. The monoisotopic (exact) mass is 238 g/mol. The molecule has 1 saturated heterocycles. The van der Waals surface area contributed by atoms with Crippen LogP contribution in [-0.2, 0) is 11.2 Å². The van der Waals surface area contributed by atoms with E-state index in [0.717, 1.165) is 17.5 Å². The second-order valence-corrected chi connectivity index (χ2v) is 4.36. The predicted molar refractivity (Wildman–Crippen MR) is 62.5 cm³/mol. The predicted octanol–water partition coefficient (Wildman–Crippen LogP) is 0.403. The number of hydrogen-bond acceptors (Lipinski definition) is 4. The van der Waals surface area contributed by atoms with Gasteiger partial charge in [0.05, 0.1) is 6.61 Å². The van der Waals surface area contributed by atoms with Gasteiger partial charge < -0.3 is 20.1 Å². The fourth-order valence-electron chi connectivity index (χ4n) is 2.17. The summed E-state index contributed by atoms with van der Waals surface area (Å²) in [4.78, 5) is 0. The Morgan fingerprint density at radius 2 is 2.00 bits per heavy atom. The molecule has 0 bridgehead atoms. The summed E-state index contributed by atoms with van der Waals surface area (Å²) in [5, 5.41) is 28.6. The van der Waals surface area contributed by atoms with Crippen molar-refractivity contribution in [2.75, 3.05) is 6.61 Å². The van der Waals surface area contributed by atoms with E-state index in [1.807, 2.05) is 24.3 Å². The van der Waals surface area contributed by atoms with Crippen LogP contribution in [0.25, 0.3) is 0 Å². The molecule has 1 aromatic rings. The highest BCUT2D eigenvalue weighted by atomic mass is 16.6. The summed E-state index contributed by atoms with van der Waals surface area (Å²) in [5.74, 6) is 0. The standard InChI is InChI=1S/C13H18O4/c1-2-8-4-3-5-9(6-8)13-12(16)11(15)10(7-14)17-13/h3-6,10-16H,2,7H2,1H3/t10-,11-,12-,13+/m1/s1. The summed E-state index contributed by atoms with van der Waals surface area (Å²) in [6, 6.07) is 7.73. The SMILES string of the molecule is CCc1cccc([C@@H]2O[C@H](CO)[C@@H](O)[C@H]2O)c1. The van der Waals surface area contributed by atoms with E-state index in [2.05, 4.69) is 6.92 Å². The summed E-state index contributed by atoms with van der Waals surface area (Å²) >= 11 is 0. The van der Waals surface area contributed by atoms with Gasteiger partial charge >= 0.3 is 0 Å². The number of aliphatic hydroxyl groups is 3. The molecular formula is C13H18O4. The number of benzene rings is 1. The summed E-state index contributed by atoms with van der Waals surface area (Å²) in [5.41, 5.74) is 1.99. The van der Waals surface area contributed by atoms with Crippen LogP contribution >= 0.6 is 0 Å². The fourth-order valence-corrected chi connectivity index (χ4v) is 2.17. The smallest absolute Gasteiger partial charge is 0.113 e. The first kappa shape index (κ1) is 12.5. The van der Waals surface area contributed by atoms with Gasteiger partial charge in [-0.25, -0.2) is 0 Å². The minimum atomic E-state index is -1.03. The van der Waals surface area contributed by atoms with Crippen LogP contribution in [0.2, 0.25) is 0 Å². The van der Waals surface area contributed by atoms with E-state index in [1.54, 1.807) is 0 Å². The third-order valence-electron chi connectivity index (χ3n) is 3.23. The Kier molecular flexibility index (Phi) is 3.79. The van der Waals surface area contributed by atoms with Crippen LogP contribution in [0.15, 0.2) is 24.3 Å². The molecule has 2 rings (SSSR count). The zero-order valence-corrected chi connectivity index (χ0v) is 9.78. The van der Waals surface area contributed by atoms with E-state index in [4.69, 9.17) is 9.84 Å². The lowest BCUT2D eigenvalue weighted by molar-refractivity contribution is -0.0227. The molecule has 1 heterocycles. The van der Waals surface area contributed by atoms with Crippen molar-refractivity contribution < 1.29 is 20.1 Å². The maximum absolute atomic E-state index is 9.89. The van der Waals surface area contributed by atoms with Crippen LogP contribution in [0, 0.1) is 0 Å². The highest BCUT2D eigenvalue weighted by Crippen LogP contribution is 2.33. The third kappa shape index (κ3) is 2.35. The Labute approximate surface area is 100 Å². The van der Waals surface area contributed by atoms with E-state index in [9.17, 15) is 10.2 Å². The van der Waals surface area contributed by atoms with Crippen LogP contribution in [0.5, 0.6) is 0 Å². The normalized spacial score (nSPS) is 32.9. The van der Waals surface area contributed by atoms with Gasteiger partial charge in [-0.2, -0.15) is 0 Å². The van der Waals surface area contributed by atoms with Crippen molar-refractivity contribution >= 4 is 0 Å². The molecule has 4 atom stereocenters. The topological polar surface area (TPSA) is 69.9 Å². The molecule has 94 valence electrons. The van der Waals surface area contributed by atoms with Crippen molar-refractivity contribution in [3.63, 3.8) is 0 Å². The molecule has 17 heavy (non-hydrogen) atoms. The van der Waals surface area contributed by atoms with E-state index >= 15 is 0 Å². The Bertz CT molecular complexity index is 379. The highest BCUT2D eigenvalue weighted by Gasteiger charge is 2.42. The zero-order chi connectivity index (χ0) is 12.4. The van der Waals surface area contributed by atoms with Gasteiger partial charge in [-0.1, -0.05) is 31.2 Å². The molecule has 4 heteroatoms. The lowest BCUT2D eigenvalue weighted by atomic mass is 9.99. The minimum absolute atomic E-state index is 0.289. The highest BCUT2D eigenvalue weighted by molar-refractivity contribution is 5.27. The van der Waals surface area contributed by atoms with Crippen molar-refractivity contribution in [2.45, 2.75) is 37.8 Å². The van der Waals surface area contributed by atoms with Crippen molar-refractivity contribution in [2.24, 2.45) is 0 Å². The van der Waals surface area contributed by atoms with Crippen LogP contribution < -0.4 is 0 Å². The molecule has 0 saturated carbocycles. The van der Waals surface area contributed by atoms with Gasteiger partial charge in [0.15, 0.2) is 0 Å². The second kappa shape index (κ2) is 5.14. The minimum Gasteiger partial charge on any atom is -0.394 e. The first-order chi connectivity index (χ1) is 8.17. The fraction of sp³-hybridized carbons (Fsp3) is 0.538. The largest absolute Gasteiger partial charge is 0.394 e. The van der Waals surface area contributed by atoms with Gasteiger partial charge in [0.2, 0.25) is 0 Å². The van der Waals surface area contributed by atoms with Crippen LogP contribution in [-0.4, -0.2) is 40.2 Å².